The molecule has 0 saturated heterocycles. The van der Waals surface area contributed by atoms with Gasteiger partial charge in [-0.15, -0.1) is 0 Å². The number of esters is 3. The highest BCUT2D eigenvalue weighted by Gasteiger charge is 2.27. The highest BCUT2D eigenvalue weighted by molar-refractivity contribution is 5.75. The van der Waals surface area contributed by atoms with Gasteiger partial charge in [-0.05, 0) is 54.4 Å². The number of carbonyl (C=O) groups is 4. The van der Waals surface area contributed by atoms with Crippen molar-refractivity contribution in [1.29, 1.82) is 0 Å². The van der Waals surface area contributed by atoms with Gasteiger partial charge < -0.3 is 28.9 Å². The summed E-state index contributed by atoms with van der Waals surface area (Å²) in [6.07, 6.45) is 8.32. The van der Waals surface area contributed by atoms with Crippen molar-refractivity contribution < 1.29 is 38.5 Å². The van der Waals surface area contributed by atoms with Crippen LogP contribution >= 0.6 is 0 Å². The van der Waals surface area contributed by atoms with E-state index in [0.717, 1.165) is 11.4 Å². The largest absolute Gasteiger partial charge is 0.481 e. The molecule has 0 aliphatic heterocycles. The number of imidazole rings is 2. The van der Waals surface area contributed by atoms with Crippen LogP contribution in [0.5, 0.6) is 0 Å². The highest BCUT2D eigenvalue weighted by atomic mass is 16.6. The molecule has 0 aromatic carbocycles. The standard InChI is InChI=1S/2C14H22N2O4/c1-14(2,3)20-13(19)10(5-6-12(17)18)7-11-8-16(4)9-15-11;1-14(2,3)20-13(18)10(5-6-12(17)19-4)7-11-8-15-9-16-11/h8-10H,5-7H2,1-4H3,(H,17,18);8-10H,5-7H2,1-4H3,(H,15,16)/t2*10-/m00/s1. The van der Waals surface area contributed by atoms with Crippen molar-refractivity contribution in [2.45, 2.75) is 91.3 Å². The van der Waals surface area contributed by atoms with Crippen molar-refractivity contribution in [1.82, 2.24) is 19.5 Å². The maximum absolute atomic E-state index is 12.2. The number of carbonyl (C=O) groups excluding carboxylic acids is 3. The summed E-state index contributed by atoms with van der Waals surface area (Å²) < 4.78 is 17.1. The Balaban J connectivity index is 0.000000400. The SMILES string of the molecule is COC(=O)CC[C@@H](Cc1cnc[nH]1)C(=O)OC(C)(C)C.Cn1cnc(C[C@H](CCC(=O)O)C(=O)OC(C)(C)C)c1. The number of aryl methyl sites for hydroxylation is 1. The number of aromatic nitrogens is 4. The fourth-order valence-electron chi connectivity index (χ4n) is 3.56. The van der Waals surface area contributed by atoms with Crippen LogP contribution in [-0.2, 0) is 53.3 Å². The van der Waals surface area contributed by atoms with Crippen LogP contribution in [0.25, 0.3) is 0 Å². The average Bonchev–Trinajstić information content (AvgIpc) is 3.48. The molecule has 2 N–H and O–H groups in total. The highest BCUT2D eigenvalue weighted by Crippen LogP contribution is 2.20. The molecular weight excluding hydrogens is 520 g/mol. The number of hydrogen-bond acceptors (Lipinski definition) is 9. The Morgan fingerprint density at radius 1 is 0.950 bits per heavy atom. The third-order valence-corrected chi connectivity index (χ3v) is 5.35. The van der Waals surface area contributed by atoms with Gasteiger partial charge in [0, 0.05) is 50.8 Å². The Hall–Kier alpha value is -3.70. The van der Waals surface area contributed by atoms with Crippen molar-refractivity contribution in [3.63, 3.8) is 0 Å². The van der Waals surface area contributed by atoms with Gasteiger partial charge in [-0.3, -0.25) is 19.2 Å². The Kier molecular flexibility index (Phi) is 13.5. The Bertz CT molecular complexity index is 1080. The third-order valence-electron chi connectivity index (χ3n) is 5.35. The van der Waals surface area contributed by atoms with Gasteiger partial charge in [0.2, 0.25) is 0 Å². The van der Waals surface area contributed by atoms with E-state index in [0.29, 0.717) is 19.3 Å². The molecule has 0 aliphatic rings. The van der Waals surface area contributed by atoms with Crippen LogP contribution in [0.15, 0.2) is 25.0 Å². The second kappa shape index (κ2) is 15.8. The van der Waals surface area contributed by atoms with Gasteiger partial charge in [0.25, 0.3) is 0 Å². The van der Waals surface area contributed by atoms with Gasteiger partial charge in [-0.25, -0.2) is 9.97 Å². The molecular formula is C28H44N4O8. The zero-order valence-corrected chi connectivity index (χ0v) is 24.9. The molecule has 0 unspecified atom stereocenters. The number of nitrogens with one attached hydrogen (secondary N) is 1. The molecule has 0 fully saturated rings. The first-order valence-corrected chi connectivity index (χ1v) is 13.2. The first kappa shape index (κ1) is 34.3. The summed E-state index contributed by atoms with van der Waals surface area (Å²) in [5, 5.41) is 8.78. The quantitative estimate of drug-likeness (QED) is 0.287. The fraction of sp³-hybridized carbons (Fsp3) is 0.643. The zero-order valence-electron chi connectivity index (χ0n) is 24.9. The van der Waals surface area contributed by atoms with Crippen LogP contribution in [0.3, 0.4) is 0 Å². The summed E-state index contributed by atoms with van der Waals surface area (Å²) in [6, 6.07) is 0. The summed E-state index contributed by atoms with van der Waals surface area (Å²) in [5.41, 5.74) is 0.469. The maximum Gasteiger partial charge on any atom is 0.309 e. The van der Waals surface area contributed by atoms with Crippen LogP contribution in [0.4, 0.5) is 0 Å². The monoisotopic (exact) mass is 564 g/mol. The van der Waals surface area contributed by atoms with Crippen LogP contribution in [-0.4, -0.2) is 66.8 Å². The van der Waals surface area contributed by atoms with Crippen LogP contribution in [0.1, 0.15) is 78.6 Å². The molecule has 0 radical (unpaired) electrons. The van der Waals surface area contributed by atoms with Gasteiger partial charge in [-0.1, -0.05) is 0 Å². The van der Waals surface area contributed by atoms with Crippen LogP contribution < -0.4 is 0 Å². The second-order valence-corrected chi connectivity index (χ2v) is 11.5. The minimum absolute atomic E-state index is 0.0588. The molecule has 2 atom stereocenters. The number of ether oxygens (including phenoxy) is 3. The van der Waals surface area contributed by atoms with E-state index in [4.69, 9.17) is 14.6 Å². The van der Waals surface area contributed by atoms with E-state index >= 15 is 0 Å². The number of H-pyrrole nitrogens is 1. The van der Waals surface area contributed by atoms with E-state index in [1.54, 1.807) is 44.2 Å². The van der Waals surface area contributed by atoms with Crippen molar-refractivity contribution in [3.05, 3.63) is 36.4 Å². The summed E-state index contributed by atoms with van der Waals surface area (Å²) in [7, 11) is 3.18. The molecule has 0 bridgehead atoms. The molecule has 224 valence electrons. The first-order chi connectivity index (χ1) is 18.5. The second-order valence-electron chi connectivity index (χ2n) is 11.5. The number of aliphatic carboxylic acids is 1. The summed E-state index contributed by atoms with van der Waals surface area (Å²) >= 11 is 0. The smallest absolute Gasteiger partial charge is 0.309 e. The molecule has 0 aliphatic carbocycles. The van der Waals surface area contributed by atoms with Crippen LogP contribution in [0.2, 0.25) is 0 Å². The molecule has 0 saturated carbocycles. The number of carboxylic acid groups (broad SMARTS) is 1. The number of hydrogen-bond donors (Lipinski definition) is 2. The van der Waals surface area contributed by atoms with Crippen molar-refractivity contribution in [2.75, 3.05) is 7.11 Å². The van der Waals surface area contributed by atoms with E-state index in [2.05, 4.69) is 19.7 Å². The van der Waals surface area contributed by atoms with Gasteiger partial charge in [0.1, 0.15) is 11.2 Å². The van der Waals surface area contributed by atoms with Crippen LogP contribution in [0, 0.1) is 11.8 Å². The van der Waals surface area contributed by atoms with E-state index in [1.165, 1.54) is 7.11 Å². The molecule has 2 aromatic heterocycles. The molecule has 2 heterocycles. The third kappa shape index (κ3) is 15.0. The first-order valence-electron chi connectivity index (χ1n) is 13.2. The van der Waals surface area contributed by atoms with Gasteiger partial charge in [-0.2, -0.15) is 0 Å². The molecule has 40 heavy (non-hydrogen) atoms. The topological polar surface area (TPSA) is 163 Å². The maximum atomic E-state index is 12.2. The Labute approximate surface area is 235 Å². The lowest BCUT2D eigenvalue weighted by atomic mass is 9.97. The lowest BCUT2D eigenvalue weighted by Crippen LogP contribution is -2.30. The normalized spacial score (nSPS) is 12.9. The Morgan fingerprint density at radius 3 is 1.93 bits per heavy atom. The number of aromatic amines is 1. The lowest BCUT2D eigenvalue weighted by Gasteiger charge is -2.23. The minimum Gasteiger partial charge on any atom is -0.481 e. The molecule has 0 spiro atoms. The molecule has 12 heteroatoms. The van der Waals surface area contributed by atoms with Gasteiger partial charge in [0.05, 0.1) is 37.3 Å². The number of carboxylic acids is 1. The summed E-state index contributed by atoms with van der Waals surface area (Å²) in [6.45, 7) is 10.8. The van der Waals surface area contributed by atoms with E-state index < -0.39 is 29.0 Å². The van der Waals surface area contributed by atoms with Crippen molar-refractivity contribution in [3.8, 4) is 0 Å². The van der Waals surface area contributed by atoms with Gasteiger partial charge in [0.15, 0.2) is 0 Å². The predicted molar refractivity (Wildman–Crippen MR) is 146 cm³/mol. The molecule has 0 amide bonds. The summed E-state index contributed by atoms with van der Waals surface area (Å²) in [4.78, 5) is 57.3. The summed E-state index contributed by atoms with van der Waals surface area (Å²) in [5.74, 6) is -2.81. The number of rotatable bonds is 12. The van der Waals surface area contributed by atoms with E-state index in [9.17, 15) is 19.2 Å². The number of nitrogens with zero attached hydrogens (tertiary/aromatic N) is 3. The fourth-order valence-corrected chi connectivity index (χ4v) is 3.56. The molecule has 2 rings (SSSR count). The predicted octanol–water partition coefficient (Wildman–Crippen LogP) is 3.65. The lowest BCUT2D eigenvalue weighted by molar-refractivity contribution is -0.161. The van der Waals surface area contributed by atoms with Crippen molar-refractivity contribution >= 4 is 23.9 Å². The average molecular weight is 565 g/mol. The zero-order chi connectivity index (χ0) is 30.5. The van der Waals surface area contributed by atoms with E-state index in [-0.39, 0.29) is 37.2 Å². The van der Waals surface area contributed by atoms with E-state index in [1.807, 2.05) is 34.0 Å². The Morgan fingerprint density at radius 2 is 1.50 bits per heavy atom. The minimum atomic E-state index is -0.917. The van der Waals surface area contributed by atoms with Gasteiger partial charge >= 0.3 is 23.9 Å². The molecule has 12 nitrogen and oxygen atoms in total. The number of methoxy groups -OCH3 is 1. The molecule has 2 aromatic rings. The van der Waals surface area contributed by atoms with Crippen molar-refractivity contribution in [2.24, 2.45) is 18.9 Å².